The predicted molar refractivity (Wildman–Crippen MR) is 152 cm³/mol. The monoisotopic (exact) mass is 549 g/mol. The van der Waals surface area contributed by atoms with Crippen LogP contribution in [0.4, 0.5) is 10.5 Å². The fourth-order valence-corrected chi connectivity index (χ4v) is 4.55. The van der Waals surface area contributed by atoms with Crippen LogP contribution in [0.25, 0.3) is 0 Å². The summed E-state index contributed by atoms with van der Waals surface area (Å²) in [6, 6.07) is 12.5. The molecule has 3 amide bonds. The molecule has 0 aromatic heterocycles. The average molecular weight is 550 g/mol. The molecule has 1 saturated heterocycles. The van der Waals surface area contributed by atoms with Crippen molar-refractivity contribution in [2.24, 2.45) is 0 Å². The quantitative estimate of drug-likeness (QED) is 0.197. The molecule has 0 saturated carbocycles. The summed E-state index contributed by atoms with van der Waals surface area (Å²) in [6.45, 7) is 6.85. The van der Waals surface area contributed by atoms with Crippen LogP contribution in [-0.4, -0.2) is 55.7 Å². The highest BCUT2D eigenvalue weighted by Crippen LogP contribution is 2.32. The van der Waals surface area contributed by atoms with Crippen molar-refractivity contribution in [2.45, 2.75) is 64.4 Å². The zero-order valence-corrected chi connectivity index (χ0v) is 23.3. The van der Waals surface area contributed by atoms with E-state index in [9.17, 15) is 14.7 Å². The minimum Gasteiger partial charge on any atom is -0.463 e. The Morgan fingerprint density at radius 1 is 1.12 bits per heavy atom. The lowest BCUT2D eigenvalue weighted by Gasteiger charge is -2.33. The molecule has 214 valence electrons. The van der Waals surface area contributed by atoms with E-state index < -0.39 is 17.9 Å². The minimum absolute atomic E-state index is 0.00950. The maximum absolute atomic E-state index is 12.0. The van der Waals surface area contributed by atoms with Crippen molar-refractivity contribution >= 4 is 17.6 Å². The first-order valence-corrected chi connectivity index (χ1v) is 13.9. The van der Waals surface area contributed by atoms with Crippen molar-refractivity contribution in [1.29, 1.82) is 0 Å². The van der Waals surface area contributed by atoms with Gasteiger partial charge in [-0.05, 0) is 49.2 Å². The lowest BCUT2D eigenvalue weighted by molar-refractivity contribution is -0.180. The highest BCUT2D eigenvalue weighted by Gasteiger charge is 2.31. The van der Waals surface area contributed by atoms with E-state index in [0.717, 1.165) is 54.0 Å². The largest absolute Gasteiger partial charge is 0.463 e. The normalized spacial score (nSPS) is 16.5. The van der Waals surface area contributed by atoms with Gasteiger partial charge in [-0.1, -0.05) is 42.9 Å². The molecular weight excluding hydrogens is 510 g/mol. The van der Waals surface area contributed by atoms with E-state index in [1.165, 1.54) is 0 Å². The molecule has 3 N–H and O–H groups in total. The highest BCUT2D eigenvalue weighted by atomic mass is 16.7. The van der Waals surface area contributed by atoms with E-state index in [2.05, 4.69) is 22.5 Å². The second-order valence-corrected chi connectivity index (χ2v) is 10.4. The molecule has 1 fully saturated rings. The van der Waals surface area contributed by atoms with Gasteiger partial charge in [-0.3, -0.25) is 4.79 Å². The molecule has 0 aliphatic carbocycles. The summed E-state index contributed by atoms with van der Waals surface area (Å²) in [6.07, 6.45) is 4.19. The molecular formula is C31H39N3O6. The standard InChI is InChI=1S/C31H39N3O6/c1-31(2)39-22-25-19-24(14-15-28(25)40-31)27(35)20-32-16-8-3-4-9-17-38-18-10-7-12-23-11-5-6-13-26(23)34-29(36)21-33-30(34)37/h5-6,11,13-15,19,27,32,35H,3-4,8-10,16-18,20-22H2,1-2H3,(H,33,37)/t27-/m1/s1. The van der Waals surface area contributed by atoms with E-state index in [0.29, 0.717) is 44.0 Å². The number of para-hydroxylation sites is 1. The summed E-state index contributed by atoms with van der Waals surface area (Å²) >= 11 is 0. The number of ether oxygens (including phenoxy) is 3. The topological polar surface area (TPSA) is 109 Å². The molecule has 2 heterocycles. The van der Waals surface area contributed by atoms with Gasteiger partial charge in [0.15, 0.2) is 0 Å². The maximum Gasteiger partial charge on any atom is 0.329 e. The highest BCUT2D eigenvalue weighted by molar-refractivity contribution is 6.20. The number of aliphatic hydroxyl groups is 1. The number of rotatable bonds is 13. The van der Waals surface area contributed by atoms with Gasteiger partial charge in [-0.25, -0.2) is 9.69 Å². The van der Waals surface area contributed by atoms with E-state index in [-0.39, 0.29) is 12.5 Å². The van der Waals surface area contributed by atoms with Crippen LogP contribution in [0, 0.1) is 11.8 Å². The molecule has 9 heteroatoms. The van der Waals surface area contributed by atoms with Crippen LogP contribution in [0.3, 0.4) is 0 Å². The molecule has 2 aliphatic heterocycles. The Hall–Kier alpha value is -3.42. The Morgan fingerprint density at radius 2 is 1.95 bits per heavy atom. The maximum atomic E-state index is 12.0. The Morgan fingerprint density at radius 3 is 2.77 bits per heavy atom. The van der Waals surface area contributed by atoms with E-state index in [1.54, 1.807) is 18.2 Å². The molecule has 0 unspecified atom stereocenters. The van der Waals surface area contributed by atoms with Gasteiger partial charge in [-0.15, -0.1) is 0 Å². The Labute approximate surface area is 236 Å². The Balaban J connectivity index is 1.03. The van der Waals surface area contributed by atoms with Gasteiger partial charge >= 0.3 is 6.03 Å². The molecule has 0 radical (unpaired) electrons. The predicted octanol–water partition coefficient (Wildman–Crippen LogP) is 4.03. The number of anilines is 1. The van der Waals surface area contributed by atoms with Crippen molar-refractivity contribution in [1.82, 2.24) is 10.6 Å². The Bertz CT molecular complexity index is 1220. The number of carbonyl (C=O) groups excluding carboxylic acids is 2. The number of fused-ring (bicyclic) bond motifs is 1. The smallest absolute Gasteiger partial charge is 0.329 e. The van der Waals surface area contributed by atoms with Crippen molar-refractivity contribution in [3.05, 3.63) is 59.2 Å². The number of benzene rings is 2. The summed E-state index contributed by atoms with van der Waals surface area (Å²) < 4.78 is 17.2. The van der Waals surface area contributed by atoms with E-state index in [4.69, 9.17) is 14.2 Å². The van der Waals surface area contributed by atoms with Gasteiger partial charge in [0.05, 0.1) is 31.5 Å². The second kappa shape index (κ2) is 14.3. The minimum atomic E-state index is -0.622. The van der Waals surface area contributed by atoms with Crippen LogP contribution in [0.15, 0.2) is 42.5 Å². The molecule has 4 rings (SSSR count). The number of hydrogen-bond donors (Lipinski definition) is 3. The first kappa shape index (κ1) is 29.6. The van der Waals surface area contributed by atoms with Crippen LogP contribution < -0.4 is 20.3 Å². The number of amides is 3. The van der Waals surface area contributed by atoms with Gasteiger partial charge in [-0.2, -0.15) is 0 Å². The first-order chi connectivity index (χ1) is 19.3. The number of hydrogen-bond acceptors (Lipinski definition) is 7. The van der Waals surface area contributed by atoms with Gasteiger partial charge in [0.1, 0.15) is 5.75 Å². The summed E-state index contributed by atoms with van der Waals surface area (Å²) in [7, 11) is 0. The number of nitrogens with zero attached hydrogens (tertiary/aromatic N) is 1. The second-order valence-electron chi connectivity index (χ2n) is 10.4. The summed E-state index contributed by atoms with van der Waals surface area (Å²) in [5.41, 5.74) is 2.97. The molecule has 40 heavy (non-hydrogen) atoms. The van der Waals surface area contributed by atoms with Crippen molar-refractivity contribution in [2.75, 3.05) is 37.7 Å². The molecule has 2 aromatic carbocycles. The average Bonchev–Trinajstić information content (AvgIpc) is 3.27. The summed E-state index contributed by atoms with van der Waals surface area (Å²) in [5, 5.41) is 16.4. The molecule has 1 atom stereocenters. The van der Waals surface area contributed by atoms with Gasteiger partial charge in [0.2, 0.25) is 5.79 Å². The number of nitrogens with one attached hydrogen (secondary N) is 2. The third-order valence-corrected chi connectivity index (χ3v) is 6.71. The molecule has 9 nitrogen and oxygen atoms in total. The Kier molecular flexibility index (Phi) is 10.6. The van der Waals surface area contributed by atoms with Crippen LogP contribution in [0.1, 0.15) is 68.7 Å². The zero-order chi connectivity index (χ0) is 28.4. The molecule has 0 spiro atoms. The third kappa shape index (κ3) is 8.29. The summed E-state index contributed by atoms with van der Waals surface area (Å²) in [4.78, 5) is 25.1. The van der Waals surface area contributed by atoms with Crippen LogP contribution in [0.2, 0.25) is 0 Å². The number of imide groups is 1. The fourth-order valence-electron chi connectivity index (χ4n) is 4.55. The number of unbranched alkanes of at least 4 members (excludes halogenated alkanes) is 3. The van der Waals surface area contributed by atoms with E-state index in [1.807, 2.05) is 38.1 Å². The summed E-state index contributed by atoms with van der Waals surface area (Å²) in [5.74, 6) is 6.04. The lowest BCUT2D eigenvalue weighted by Crippen LogP contribution is -2.35. The van der Waals surface area contributed by atoms with Crippen LogP contribution in [-0.2, 0) is 20.9 Å². The SMILES string of the molecule is CC1(C)OCc2cc([C@H](O)CNCCCCCCOCCC#Cc3ccccc3N3C(=O)CNC3=O)ccc2O1. The zero-order valence-electron chi connectivity index (χ0n) is 23.3. The van der Waals surface area contributed by atoms with Crippen molar-refractivity contribution in [3.8, 4) is 17.6 Å². The van der Waals surface area contributed by atoms with Gasteiger partial charge < -0.3 is 30.0 Å². The lowest BCUT2D eigenvalue weighted by atomic mass is 10.0. The molecule has 0 bridgehead atoms. The van der Waals surface area contributed by atoms with Gasteiger partial charge in [0.25, 0.3) is 5.91 Å². The van der Waals surface area contributed by atoms with Crippen molar-refractivity contribution < 1.29 is 28.9 Å². The van der Waals surface area contributed by atoms with Gasteiger partial charge in [0, 0.05) is 44.5 Å². The van der Waals surface area contributed by atoms with E-state index >= 15 is 0 Å². The number of carbonyl (C=O) groups is 2. The third-order valence-electron chi connectivity index (χ3n) is 6.71. The number of urea groups is 1. The molecule has 2 aliphatic rings. The number of aliphatic hydroxyl groups excluding tert-OH is 1. The molecule has 2 aromatic rings. The van der Waals surface area contributed by atoms with Crippen molar-refractivity contribution in [3.63, 3.8) is 0 Å². The van der Waals surface area contributed by atoms with Crippen LogP contribution >= 0.6 is 0 Å². The first-order valence-electron chi connectivity index (χ1n) is 13.9. The fraction of sp³-hybridized carbons (Fsp3) is 0.484. The van der Waals surface area contributed by atoms with Crippen LogP contribution in [0.5, 0.6) is 5.75 Å².